The summed E-state index contributed by atoms with van der Waals surface area (Å²) in [6.07, 6.45) is -4.17. The number of carbonyl (C=O) groups is 1. The lowest BCUT2D eigenvalue weighted by molar-refractivity contribution is -0.274. The number of alkyl halides is 3. The first-order chi connectivity index (χ1) is 16.5. The van der Waals surface area contributed by atoms with Gasteiger partial charge in [-0.15, -0.1) is 13.2 Å². The summed E-state index contributed by atoms with van der Waals surface area (Å²) in [6.45, 7) is 0. The molecule has 1 aliphatic rings. The zero-order valence-electron chi connectivity index (χ0n) is 18.3. The molecular formula is C22H18ClF4N5O3. The number of likely N-dealkylation sites (N-methyl/N-ethyl adjacent to an activating group) is 1. The van der Waals surface area contributed by atoms with Crippen molar-refractivity contribution in [1.82, 2.24) is 14.9 Å². The number of nitrogens with one attached hydrogen (secondary N) is 2. The third-order valence-electron chi connectivity index (χ3n) is 4.87. The number of halogens is 5. The normalized spacial score (nSPS) is 14.7. The number of benzene rings is 2. The Kier molecular flexibility index (Phi) is 6.57. The maximum Gasteiger partial charge on any atom is 0.573 e. The minimum atomic E-state index is -4.90. The van der Waals surface area contributed by atoms with Gasteiger partial charge in [0.2, 0.25) is 5.95 Å². The summed E-state index contributed by atoms with van der Waals surface area (Å²) in [5.74, 6) is -1.12. The topological polar surface area (TPSA) is 88.6 Å². The van der Waals surface area contributed by atoms with Gasteiger partial charge in [0.1, 0.15) is 11.5 Å². The van der Waals surface area contributed by atoms with E-state index >= 15 is 0 Å². The second-order valence-corrected chi connectivity index (χ2v) is 8.11. The molecular weight excluding hydrogens is 494 g/mol. The molecule has 2 heterocycles. The summed E-state index contributed by atoms with van der Waals surface area (Å²) in [5, 5.41) is 5.27. The van der Waals surface area contributed by atoms with E-state index in [-0.39, 0.29) is 28.4 Å². The van der Waals surface area contributed by atoms with E-state index < -0.39 is 24.0 Å². The van der Waals surface area contributed by atoms with Crippen molar-refractivity contribution in [2.75, 3.05) is 24.7 Å². The van der Waals surface area contributed by atoms with Crippen molar-refractivity contribution in [2.24, 2.45) is 0 Å². The maximum atomic E-state index is 14.3. The summed E-state index contributed by atoms with van der Waals surface area (Å²) < 4.78 is 61.0. The van der Waals surface area contributed by atoms with Crippen LogP contribution in [0.2, 0.25) is 5.02 Å². The average molecular weight is 512 g/mol. The van der Waals surface area contributed by atoms with Crippen LogP contribution >= 0.6 is 11.6 Å². The van der Waals surface area contributed by atoms with Crippen LogP contribution in [0, 0.1) is 5.82 Å². The van der Waals surface area contributed by atoms with Crippen LogP contribution in [0.25, 0.3) is 0 Å². The molecule has 35 heavy (non-hydrogen) atoms. The van der Waals surface area contributed by atoms with Gasteiger partial charge in [-0.2, -0.15) is 4.98 Å². The number of anilines is 4. The van der Waals surface area contributed by atoms with Crippen molar-refractivity contribution in [3.8, 4) is 11.5 Å². The summed E-state index contributed by atoms with van der Waals surface area (Å²) >= 11 is 5.84. The molecule has 0 aliphatic carbocycles. The number of carbonyl (C=O) groups excluding carboxylic acids is 1. The highest BCUT2D eigenvalue weighted by Crippen LogP contribution is 2.34. The van der Waals surface area contributed by atoms with E-state index in [1.807, 2.05) is 0 Å². The summed E-state index contributed by atoms with van der Waals surface area (Å²) in [5.41, 5.74) is 1.57. The molecule has 8 nitrogen and oxygen atoms in total. The minimum absolute atomic E-state index is 0.0526. The van der Waals surface area contributed by atoms with Crippen LogP contribution in [-0.4, -0.2) is 47.3 Å². The fourth-order valence-corrected chi connectivity index (χ4v) is 3.54. The quantitative estimate of drug-likeness (QED) is 0.448. The number of hydrogen-bond donors (Lipinski definition) is 2. The Morgan fingerprint density at radius 1 is 1.17 bits per heavy atom. The molecule has 2 N–H and O–H groups in total. The Morgan fingerprint density at radius 2 is 1.89 bits per heavy atom. The van der Waals surface area contributed by atoms with Gasteiger partial charge in [0, 0.05) is 37.5 Å². The molecule has 4 rings (SSSR count). The predicted molar refractivity (Wildman–Crippen MR) is 120 cm³/mol. The highest BCUT2D eigenvalue weighted by molar-refractivity contribution is 6.32. The van der Waals surface area contributed by atoms with Gasteiger partial charge in [0.15, 0.2) is 17.7 Å². The first-order valence-corrected chi connectivity index (χ1v) is 10.5. The number of rotatable bonds is 6. The third kappa shape index (κ3) is 5.83. The Morgan fingerprint density at radius 3 is 2.57 bits per heavy atom. The van der Waals surface area contributed by atoms with Crippen LogP contribution in [0.1, 0.15) is 5.56 Å². The SMILES string of the molecule is CN(C)C(=O)C1Cc2cc(Nc3ncc(F)c(Nc4ccc(OC(F)(F)F)c(Cl)c4)n3)ccc2O1. The van der Waals surface area contributed by atoms with Crippen LogP contribution in [0.5, 0.6) is 11.5 Å². The van der Waals surface area contributed by atoms with Crippen LogP contribution < -0.4 is 20.1 Å². The van der Waals surface area contributed by atoms with Gasteiger partial charge in [-0.05, 0) is 36.4 Å². The fourth-order valence-electron chi connectivity index (χ4n) is 3.32. The highest BCUT2D eigenvalue weighted by atomic mass is 35.5. The standard InChI is InChI=1S/C22H18ClF4N5O3/c1-32(2)20(33)18-8-11-7-12(3-5-16(11)34-18)30-21-28-10-15(24)19(31-21)29-13-4-6-17(14(23)9-13)35-22(25,26)27/h3-7,9-10,18H,8H2,1-2H3,(H2,28,29,30,31). The van der Waals surface area contributed by atoms with Crippen molar-refractivity contribution >= 4 is 40.6 Å². The summed E-state index contributed by atoms with van der Waals surface area (Å²) in [4.78, 5) is 21.6. The molecule has 0 spiro atoms. The zero-order valence-corrected chi connectivity index (χ0v) is 19.0. The largest absolute Gasteiger partial charge is 0.573 e. The molecule has 1 aromatic heterocycles. The first-order valence-electron chi connectivity index (χ1n) is 10.1. The van der Waals surface area contributed by atoms with Gasteiger partial charge in [-0.25, -0.2) is 9.37 Å². The molecule has 1 atom stereocenters. The van der Waals surface area contributed by atoms with Crippen LogP contribution in [-0.2, 0) is 11.2 Å². The first kappa shape index (κ1) is 24.3. The lowest BCUT2D eigenvalue weighted by Crippen LogP contribution is -2.36. The lowest BCUT2D eigenvalue weighted by Gasteiger charge is -2.15. The molecule has 0 saturated carbocycles. The van der Waals surface area contributed by atoms with Gasteiger partial charge < -0.3 is 25.0 Å². The molecule has 0 fully saturated rings. The molecule has 3 aromatic rings. The van der Waals surface area contributed by atoms with Crippen molar-refractivity contribution in [2.45, 2.75) is 18.9 Å². The molecule has 1 aliphatic heterocycles. The van der Waals surface area contributed by atoms with E-state index in [9.17, 15) is 22.4 Å². The number of nitrogens with zero attached hydrogens (tertiary/aromatic N) is 3. The third-order valence-corrected chi connectivity index (χ3v) is 5.17. The van der Waals surface area contributed by atoms with Crippen molar-refractivity contribution in [1.29, 1.82) is 0 Å². The Bertz CT molecular complexity index is 1270. The van der Waals surface area contributed by atoms with E-state index in [1.54, 1.807) is 32.3 Å². The van der Waals surface area contributed by atoms with Crippen molar-refractivity contribution < 1.29 is 31.8 Å². The van der Waals surface area contributed by atoms with E-state index in [0.717, 1.165) is 23.9 Å². The fraction of sp³-hybridized carbons (Fsp3) is 0.227. The molecule has 1 amide bonds. The van der Waals surface area contributed by atoms with E-state index in [1.165, 1.54) is 11.0 Å². The van der Waals surface area contributed by atoms with Gasteiger partial charge in [-0.1, -0.05) is 11.6 Å². The number of ether oxygens (including phenoxy) is 2. The lowest BCUT2D eigenvalue weighted by atomic mass is 10.1. The maximum absolute atomic E-state index is 14.3. The van der Waals surface area contributed by atoms with Gasteiger partial charge in [0.25, 0.3) is 5.91 Å². The Hall–Kier alpha value is -3.80. The Labute approximate surface area is 201 Å². The van der Waals surface area contributed by atoms with E-state index in [2.05, 4.69) is 25.3 Å². The average Bonchev–Trinajstić information content (AvgIpc) is 3.20. The van der Waals surface area contributed by atoms with Crippen LogP contribution in [0.15, 0.2) is 42.6 Å². The molecule has 0 saturated heterocycles. The monoisotopic (exact) mass is 511 g/mol. The number of hydrogen-bond acceptors (Lipinski definition) is 7. The molecule has 13 heteroatoms. The van der Waals surface area contributed by atoms with E-state index in [4.69, 9.17) is 16.3 Å². The molecule has 0 bridgehead atoms. The zero-order chi connectivity index (χ0) is 25.3. The molecule has 2 aromatic carbocycles. The Balaban J connectivity index is 1.48. The van der Waals surface area contributed by atoms with E-state index in [0.29, 0.717) is 17.9 Å². The van der Waals surface area contributed by atoms with Gasteiger partial charge in [-0.3, -0.25) is 4.79 Å². The van der Waals surface area contributed by atoms with Crippen LogP contribution in [0.3, 0.4) is 0 Å². The molecule has 184 valence electrons. The smallest absolute Gasteiger partial charge is 0.480 e. The van der Waals surface area contributed by atoms with Crippen LogP contribution in [0.4, 0.5) is 40.7 Å². The van der Waals surface area contributed by atoms with Crippen molar-refractivity contribution in [3.63, 3.8) is 0 Å². The van der Waals surface area contributed by atoms with Gasteiger partial charge in [0.05, 0.1) is 11.2 Å². The predicted octanol–water partition coefficient (Wildman–Crippen LogP) is 5.05. The molecule has 0 radical (unpaired) electrons. The summed E-state index contributed by atoms with van der Waals surface area (Å²) in [7, 11) is 3.30. The summed E-state index contributed by atoms with van der Waals surface area (Å²) in [6, 6.07) is 8.54. The number of amides is 1. The minimum Gasteiger partial charge on any atom is -0.480 e. The second kappa shape index (κ2) is 9.45. The highest BCUT2D eigenvalue weighted by Gasteiger charge is 2.32. The second-order valence-electron chi connectivity index (χ2n) is 7.70. The number of fused-ring (bicyclic) bond motifs is 1. The number of aromatic nitrogens is 2. The molecule has 1 unspecified atom stereocenters. The van der Waals surface area contributed by atoms with Gasteiger partial charge >= 0.3 is 6.36 Å². The van der Waals surface area contributed by atoms with Crippen molar-refractivity contribution in [3.05, 3.63) is 59.0 Å².